The maximum Gasteiger partial charge on any atom is 0.0809 e. The quantitative estimate of drug-likeness (QED) is 0.859. The van der Waals surface area contributed by atoms with E-state index >= 15 is 0 Å². The first-order chi connectivity index (χ1) is 9.36. The average molecular weight is 294 g/mol. The molecule has 0 aliphatic carbocycles. The van der Waals surface area contributed by atoms with E-state index in [4.69, 9.17) is 0 Å². The predicted octanol–water partition coefficient (Wildman–Crippen LogP) is 4.05. The molecular weight excluding hydrogens is 268 g/mol. The fourth-order valence-electron chi connectivity index (χ4n) is 2.36. The highest BCUT2D eigenvalue weighted by atomic mass is 32.2. The molecule has 3 heteroatoms. The molecule has 0 aliphatic rings. The van der Waals surface area contributed by atoms with E-state index in [1.165, 1.54) is 0 Å². The van der Waals surface area contributed by atoms with Crippen molar-refractivity contribution in [3.8, 4) is 0 Å². The SMILES string of the molecule is CC[C@@H](/C(=C/[C@@H](C)O)[S@@](=O)c1ccc(C)cc1)C(C)C. The zero-order valence-corrected chi connectivity index (χ0v) is 13.9. The van der Waals surface area contributed by atoms with Gasteiger partial charge >= 0.3 is 0 Å². The minimum atomic E-state index is -1.20. The standard InChI is InChI=1S/C17H26O2S/c1-6-16(12(2)3)17(11-14(5)18)20(19)15-9-7-13(4)8-10-15/h7-12,14,16,18H,6H2,1-5H3/b17-11-/t14-,16-,20+/m1/s1. The number of hydrogen-bond acceptors (Lipinski definition) is 2. The monoisotopic (exact) mass is 294 g/mol. The van der Waals surface area contributed by atoms with Gasteiger partial charge in [-0.15, -0.1) is 0 Å². The molecule has 0 spiro atoms. The van der Waals surface area contributed by atoms with Gasteiger partial charge in [0.1, 0.15) is 0 Å². The van der Waals surface area contributed by atoms with E-state index in [0.717, 1.165) is 21.8 Å². The lowest BCUT2D eigenvalue weighted by Crippen LogP contribution is -2.16. The number of allylic oxidation sites excluding steroid dienone is 1. The van der Waals surface area contributed by atoms with Crippen LogP contribution in [0.25, 0.3) is 0 Å². The molecule has 0 saturated carbocycles. The van der Waals surface area contributed by atoms with Gasteiger partial charge in [-0.05, 0) is 50.3 Å². The van der Waals surface area contributed by atoms with E-state index in [1.807, 2.05) is 31.2 Å². The summed E-state index contributed by atoms with van der Waals surface area (Å²) in [6.45, 7) is 10.1. The summed E-state index contributed by atoms with van der Waals surface area (Å²) in [6.07, 6.45) is 2.10. The van der Waals surface area contributed by atoms with Crippen LogP contribution < -0.4 is 0 Å². The van der Waals surface area contributed by atoms with Crippen LogP contribution in [0.3, 0.4) is 0 Å². The Bertz CT molecular complexity index is 472. The van der Waals surface area contributed by atoms with Gasteiger partial charge in [-0.25, -0.2) is 4.21 Å². The molecular formula is C17H26O2S. The normalized spacial score (nSPS) is 17.1. The van der Waals surface area contributed by atoms with Crippen LogP contribution in [-0.4, -0.2) is 15.4 Å². The molecule has 1 N–H and O–H groups in total. The first-order valence-corrected chi connectivity index (χ1v) is 8.40. The number of hydrogen-bond donors (Lipinski definition) is 1. The second kappa shape index (κ2) is 7.75. The number of aliphatic hydroxyl groups excluding tert-OH is 1. The van der Waals surface area contributed by atoms with Gasteiger partial charge in [-0.2, -0.15) is 0 Å². The number of rotatable bonds is 6. The Morgan fingerprint density at radius 3 is 2.20 bits per heavy atom. The van der Waals surface area contributed by atoms with E-state index in [9.17, 15) is 9.32 Å². The molecule has 0 aliphatic heterocycles. The number of aryl methyl sites for hydroxylation is 1. The van der Waals surface area contributed by atoms with E-state index in [1.54, 1.807) is 13.0 Å². The fourth-order valence-corrected chi connectivity index (χ4v) is 4.05. The van der Waals surface area contributed by atoms with Crippen LogP contribution in [0.1, 0.15) is 39.7 Å². The first-order valence-electron chi connectivity index (χ1n) is 7.25. The summed E-state index contributed by atoms with van der Waals surface area (Å²) in [4.78, 5) is 1.66. The van der Waals surface area contributed by atoms with Gasteiger partial charge in [0.05, 0.1) is 16.9 Å². The number of aliphatic hydroxyl groups is 1. The van der Waals surface area contributed by atoms with Crippen LogP contribution in [-0.2, 0) is 10.8 Å². The maximum atomic E-state index is 12.8. The lowest BCUT2D eigenvalue weighted by Gasteiger charge is -2.23. The predicted molar refractivity (Wildman–Crippen MR) is 86.0 cm³/mol. The summed E-state index contributed by atoms with van der Waals surface area (Å²) in [5.74, 6) is 0.631. The van der Waals surface area contributed by atoms with Crippen molar-refractivity contribution < 1.29 is 9.32 Å². The molecule has 3 atom stereocenters. The highest BCUT2D eigenvalue weighted by molar-refractivity contribution is 7.89. The lowest BCUT2D eigenvalue weighted by molar-refractivity contribution is 0.242. The third-order valence-electron chi connectivity index (χ3n) is 3.46. The first kappa shape index (κ1) is 17.1. The Morgan fingerprint density at radius 2 is 1.80 bits per heavy atom. The van der Waals surface area contributed by atoms with Crippen molar-refractivity contribution in [2.75, 3.05) is 0 Å². The van der Waals surface area contributed by atoms with E-state index < -0.39 is 16.9 Å². The highest BCUT2D eigenvalue weighted by Crippen LogP contribution is 2.30. The van der Waals surface area contributed by atoms with Crippen LogP contribution in [0.5, 0.6) is 0 Å². The summed E-state index contributed by atoms with van der Waals surface area (Å²) in [5, 5.41) is 9.68. The fraction of sp³-hybridized carbons (Fsp3) is 0.529. The Balaban J connectivity index is 3.17. The Labute approximate surface area is 125 Å². The molecule has 112 valence electrons. The van der Waals surface area contributed by atoms with Crippen molar-refractivity contribution in [3.05, 3.63) is 40.8 Å². The summed E-state index contributed by atoms with van der Waals surface area (Å²) < 4.78 is 12.8. The molecule has 0 saturated heterocycles. The van der Waals surface area contributed by atoms with E-state index in [0.29, 0.717) is 5.92 Å². The van der Waals surface area contributed by atoms with Gasteiger partial charge in [0.15, 0.2) is 0 Å². The molecule has 20 heavy (non-hydrogen) atoms. The van der Waals surface area contributed by atoms with E-state index in [2.05, 4.69) is 20.8 Å². The molecule has 1 aromatic carbocycles. The molecule has 0 unspecified atom stereocenters. The molecule has 0 fully saturated rings. The van der Waals surface area contributed by atoms with Gasteiger partial charge in [-0.1, -0.05) is 38.5 Å². The molecule has 0 amide bonds. The summed E-state index contributed by atoms with van der Waals surface area (Å²) in [7, 11) is -1.20. The van der Waals surface area contributed by atoms with Crippen LogP contribution in [0.2, 0.25) is 0 Å². The number of benzene rings is 1. The van der Waals surface area contributed by atoms with Gasteiger partial charge < -0.3 is 5.11 Å². The van der Waals surface area contributed by atoms with Gasteiger partial charge in [-0.3, -0.25) is 0 Å². The van der Waals surface area contributed by atoms with Crippen molar-refractivity contribution >= 4 is 10.8 Å². The van der Waals surface area contributed by atoms with Crippen molar-refractivity contribution in [1.82, 2.24) is 0 Å². The zero-order valence-electron chi connectivity index (χ0n) is 13.1. The minimum Gasteiger partial charge on any atom is -0.389 e. The minimum absolute atomic E-state index is 0.228. The smallest absolute Gasteiger partial charge is 0.0809 e. The lowest BCUT2D eigenvalue weighted by atomic mass is 9.92. The summed E-state index contributed by atoms with van der Waals surface area (Å²) >= 11 is 0. The van der Waals surface area contributed by atoms with Gasteiger partial charge in [0.2, 0.25) is 0 Å². The Morgan fingerprint density at radius 1 is 1.25 bits per heavy atom. The molecule has 0 radical (unpaired) electrons. The van der Waals surface area contributed by atoms with Crippen LogP contribution in [0, 0.1) is 18.8 Å². The van der Waals surface area contributed by atoms with Crippen molar-refractivity contribution in [3.63, 3.8) is 0 Å². The molecule has 1 rings (SSSR count). The summed E-state index contributed by atoms with van der Waals surface area (Å²) in [5.41, 5.74) is 1.16. The topological polar surface area (TPSA) is 37.3 Å². The average Bonchev–Trinajstić information content (AvgIpc) is 2.37. The second-order valence-electron chi connectivity index (χ2n) is 5.65. The molecule has 1 aromatic rings. The van der Waals surface area contributed by atoms with Gasteiger partial charge in [0, 0.05) is 9.80 Å². The zero-order chi connectivity index (χ0) is 15.3. The van der Waals surface area contributed by atoms with Crippen molar-refractivity contribution in [2.24, 2.45) is 11.8 Å². The third-order valence-corrected chi connectivity index (χ3v) is 5.03. The molecule has 0 bridgehead atoms. The summed E-state index contributed by atoms with van der Waals surface area (Å²) in [6, 6.07) is 7.77. The largest absolute Gasteiger partial charge is 0.389 e. The Kier molecular flexibility index (Phi) is 6.63. The third kappa shape index (κ3) is 4.57. The van der Waals surface area contributed by atoms with Gasteiger partial charge in [0.25, 0.3) is 0 Å². The molecule has 0 aromatic heterocycles. The Hall–Kier alpha value is -0.930. The van der Waals surface area contributed by atoms with Crippen LogP contribution in [0.15, 0.2) is 40.1 Å². The molecule has 2 nitrogen and oxygen atoms in total. The second-order valence-corrected chi connectivity index (χ2v) is 7.13. The van der Waals surface area contributed by atoms with Crippen molar-refractivity contribution in [1.29, 1.82) is 0 Å². The maximum absolute atomic E-state index is 12.8. The van der Waals surface area contributed by atoms with Crippen LogP contribution >= 0.6 is 0 Å². The highest BCUT2D eigenvalue weighted by Gasteiger charge is 2.23. The van der Waals surface area contributed by atoms with E-state index in [-0.39, 0.29) is 5.92 Å². The molecule has 0 heterocycles. The van der Waals surface area contributed by atoms with Crippen molar-refractivity contribution in [2.45, 2.75) is 52.0 Å². The van der Waals surface area contributed by atoms with Crippen LogP contribution in [0.4, 0.5) is 0 Å².